The summed E-state index contributed by atoms with van der Waals surface area (Å²) in [5, 5.41) is 0. The molecule has 1 heterocycles. The second kappa shape index (κ2) is 9.81. The molecule has 0 fully saturated rings. The summed E-state index contributed by atoms with van der Waals surface area (Å²) in [5.41, 5.74) is 0. The first-order valence-electron chi connectivity index (χ1n) is 8.06. The summed E-state index contributed by atoms with van der Waals surface area (Å²) in [4.78, 5) is 4.80. The van der Waals surface area contributed by atoms with Crippen molar-refractivity contribution in [3.63, 3.8) is 0 Å². The number of rotatable bonds is 10. The molecule has 1 radical (unpaired) electrons. The van der Waals surface area contributed by atoms with Gasteiger partial charge in [-0.1, -0.05) is 0 Å². The number of hydrogen-bond donors (Lipinski definition) is 0. The number of nitrogens with zero attached hydrogens (tertiary/aromatic N) is 1. The number of hydrogen-bond acceptors (Lipinski definition) is 1. The Hall–Kier alpha value is -0.0318. The summed E-state index contributed by atoms with van der Waals surface area (Å²) in [7, 11) is 0. The van der Waals surface area contributed by atoms with Crippen LogP contribution in [0.15, 0.2) is 24.4 Å². The van der Waals surface area contributed by atoms with E-state index in [4.69, 9.17) is 4.98 Å². The molecule has 0 unspecified atom stereocenters. The van der Waals surface area contributed by atoms with E-state index in [-0.39, 0.29) is 0 Å². The van der Waals surface area contributed by atoms with Crippen molar-refractivity contribution in [2.45, 2.75) is 72.4 Å². The van der Waals surface area contributed by atoms with Crippen LogP contribution in [-0.2, 0) is 0 Å². The van der Waals surface area contributed by atoms with Gasteiger partial charge in [0.1, 0.15) is 0 Å². The third kappa shape index (κ3) is 5.46. The Balaban J connectivity index is 2.94. The fourth-order valence-corrected chi connectivity index (χ4v) is 16.5. The van der Waals surface area contributed by atoms with Crippen molar-refractivity contribution in [1.82, 2.24) is 4.98 Å². The second-order valence-electron chi connectivity index (χ2n) is 5.56. The molecule has 0 saturated carbocycles. The van der Waals surface area contributed by atoms with Crippen molar-refractivity contribution in [1.29, 1.82) is 0 Å². The molecule has 0 saturated heterocycles. The molecule has 1 rings (SSSR count). The van der Waals surface area contributed by atoms with Crippen molar-refractivity contribution in [3.05, 3.63) is 24.4 Å². The molecule has 0 aliphatic heterocycles. The summed E-state index contributed by atoms with van der Waals surface area (Å²) < 4.78 is 6.06. The van der Waals surface area contributed by atoms with Crippen LogP contribution in [0.1, 0.15) is 59.3 Å². The summed E-state index contributed by atoms with van der Waals surface area (Å²) >= 11 is -2.09. The first-order chi connectivity index (χ1) is 9.29. The average molecular weight is 371 g/mol. The number of unbranched alkanes of at least 4 members (excludes halogenated alkanes) is 3. The topological polar surface area (TPSA) is 12.9 Å². The molecule has 1 aromatic rings. The zero-order chi connectivity index (χ0) is 14.0. The molecule has 2 heteroatoms. The van der Waals surface area contributed by atoms with Crippen molar-refractivity contribution in [2.75, 3.05) is 0 Å². The molecular formula is C17H31NSb. The Bertz CT molecular complexity index is 302. The first-order valence-corrected chi connectivity index (χ1v) is 14.8. The van der Waals surface area contributed by atoms with Crippen LogP contribution < -0.4 is 3.64 Å². The Morgan fingerprint density at radius 3 is 1.74 bits per heavy atom. The van der Waals surface area contributed by atoms with Gasteiger partial charge in [-0.3, -0.25) is 0 Å². The Morgan fingerprint density at radius 2 is 1.37 bits per heavy atom. The van der Waals surface area contributed by atoms with E-state index in [2.05, 4.69) is 39.0 Å². The minimum atomic E-state index is -2.09. The second-order valence-corrected chi connectivity index (χ2v) is 17.2. The zero-order valence-corrected chi connectivity index (χ0v) is 15.6. The average Bonchev–Trinajstić information content (AvgIpc) is 2.48. The normalized spacial score (nSPS) is 11.7. The summed E-state index contributed by atoms with van der Waals surface area (Å²) in [5.74, 6) is 0. The molecule has 19 heavy (non-hydrogen) atoms. The van der Waals surface area contributed by atoms with E-state index < -0.39 is 18.8 Å². The van der Waals surface area contributed by atoms with Crippen LogP contribution in [0.2, 0.25) is 13.1 Å². The van der Waals surface area contributed by atoms with Crippen molar-refractivity contribution in [2.24, 2.45) is 0 Å². The molecule has 0 aromatic carbocycles. The minimum absolute atomic E-state index is 1.33. The molecule has 0 N–H and O–H groups in total. The van der Waals surface area contributed by atoms with Crippen LogP contribution in [-0.4, -0.2) is 23.8 Å². The molecular weight excluding hydrogens is 340 g/mol. The van der Waals surface area contributed by atoms with Gasteiger partial charge in [0.15, 0.2) is 0 Å². The standard InChI is InChI=1S/C5H4N.3C4H9.Sb/c1-2-4-6-5-3-1;3*1-3-4-2;/h1-4H;3*1,3-4H2,2H3;. The van der Waals surface area contributed by atoms with Gasteiger partial charge in [0.05, 0.1) is 0 Å². The van der Waals surface area contributed by atoms with Crippen LogP contribution in [0, 0.1) is 0 Å². The fraction of sp³-hybridized carbons (Fsp3) is 0.706. The molecule has 0 amide bonds. The maximum atomic E-state index is 4.80. The van der Waals surface area contributed by atoms with Crippen molar-refractivity contribution >= 4 is 22.4 Å². The van der Waals surface area contributed by atoms with Crippen LogP contribution in [0.5, 0.6) is 0 Å². The van der Waals surface area contributed by atoms with Crippen LogP contribution in [0.25, 0.3) is 0 Å². The van der Waals surface area contributed by atoms with Gasteiger partial charge in [0, 0.05) is 0 Å². The summed E-state index contributed by atoms with van der Waals surface area (Å²) in [6.07, 6.45) is 10.3. The molecule has 0 spiro atoms. The zero-order valence-electron chi connectivity index (χ0n) is 13.1. The molecule has 0 atom stereocenters. The number of aromatic nitrogens is 1. The van der Waals surface area contributed by atoms with Gasteiger partial charge in [0.25, 0.3) is 0 Å². The molecule has 1 aromatic heterocycles. The van der Waals surface area contributed by atoms with E-state index in [1.807, 2.05) is 6.20 Å². The van der Waals surface area contributed by atoms with Gasteiger partial charge in [-0.15, -0.1) is 0 Å². The third-order valence-electron chi connectivity index (χ3n) is 3.95. The van der Waals surface area contributed by atoms with Gasteiger partial charge in [-0.2, -0.15) is 0 Å². The Labute approximate surface area is 124 Å². The van der Waals surface area contributed by atoms with Crippen LogP contribution in [0.3, 0.4) is 0 Å². The fourth-order valence-electron chi connectivity index (χ4n) is 2.70. The van der Waals surface area contributed by atoms with Gasteiger partial charge < -0.3 is 0 Å². The monoisotopic (exact) mass is 370 g/mol. The van der Waals surface area contributed by atoms with E-state index in [1.165, 1.54) is 55.3 Å². The van der Waals surface area contributed by atoms with E-state index >= 15 is 0 Å². The third-order valence-corrected chi connectivity index (χ3v) is 17.5. The summed E-state index contributed by atoms with van der Waals surface area (Å²) in [6.45, 7) is 6.98. The predicted octanol–water partition coefficient (Wildman–Crippen LogP) is 5.14. The molecule has 0 bridgehead atoms. The van der Waals surface area contributed by atoms with Crippen molar-refractivity contribution < 1.29 is 0 Å². The Morgan fingerprint density at radius 1 is 0.842 bits per heavy atom. The van der Waals surface area contributed by atoms with E-state index in [1.54, 1.807) is 0 Å². The van der Waals surface area contributed by atoms with Crippen molar-refractivity contribution in [3.8, 4) is 0 Å². The predicted molar refractivity (Wildman–Crippen MR) is 88.8 cm³/mol. The first kappa shape index (κ1) is 17.0. The molecule has 0 aliphatic carbocycles. The maximum absolute atomic E-state index is 4.80. The van der Waals surface area contributed by atoms with Crippen LogP contribution in [0.4, 0.5) is 0 Å². The molecule has 1 nitrogen and oxygen atoms in total. The van der Waals surface area contributed by atoms with E-state index in [9.17, 15) is 0 Å². The van der Waals surface area contributed by atoms with Gasteiger partial charge in [0.2, 0.25) is 0 Å². The quantitative estimate of drug-likeness (QED) is 0.519. The number of pyridine rings is 1. The molecule has 109 valence electrons. The van der Waals surface area contributed by atoms with E-state index in [0.717, 1.165) is 0 Å². The SMILES string of the molecule is CCC[CH2][Sb]([CH2]CCC)([CH2]CCC)[c]1ccccn1. The van der Waals surface area contributed by atoms with E-state index in [0.29, 0.717) is 0 Å². The van der Waals surface area contributed by atoms with Gasteiger partial charge in [-0.05, 0) is 0 Å². The van der Waals surface area contributed by atoms with Gasteiger partial charge >= 0.3 is 124 Å². The van der Waals surface area contributed by atoms with Crippen LogP contribution >= 0.6 is 0 Å². The van der Waals surface area contributed by atoms with Gasteiger partial charge in [-0.25, -0.2) is 0 Å². The Kier molecular flexibility index (Phi) is 8.79. The molecule has 0 aliphatic rings. The summed E-state index contributed by atoms with van der Waals surface area (Å²) in [6, 6.07) is 6.61.